The van der Waals surface area contributed by atoms with Crippen molar-refractivity contribution in [3.05, 3.63) is 0 Å². The molecule has 6 nitrogen and oxygen atoms in total. The lowest BCUT2D eigenvalue weighted by Crippen LogP contribution is -2.51. The van der Waals surface area contributed by atoms with Crippen molar-refractivity contribution in [1.82, 2.24) is 4.31 Å². The third-order valence-corrected chi connectivity index (χ3v) is 4.04. The fraction of sp³-hybridized carbons (Fsp3) is 0.857. The smallest absolute Gasteiger partial charge is 0.423 e. The Kier molecular flexibility index (Phi) is 2.49. The Hall–Kier alpha value is -0.820. The van der Waals surface area contributed by atoms with Crippen LogP contribution in [0.15, 0.2) is 0 Å². The quantitative estimate of drug-likeness (QED) is 0.705. The molecule has 0 saturated carbocycles. The second-order valence-corrected chi connectivity index (χ2v) is 5.24. The van der Waals surface area contributed by atoms with Crippen LogP contribution in [-0.2, 0) is 14.5 Å². The van der Waals surface area contributed by atoms with Gasteiger partial charge in [-0.25, -0.2) is 4.79 Å². The summed E-state index contributed by atoms with van der Waals surface area (Å²) in [5.74, 6) is -0.143. The van der Waals surface area contributed by atoms with Crippen molar-refractivity contribution in [1.29, 1.82) is 0 Å². The predicted octanol–water partition coefficient (Wildman–Crippen LogP) is 0.656. The normalized spacial score (nSPS) is 31.0. The summed E-state index contributed by atoms with van der Waals surface area (Å²) in [5.41, 5.74) is -1.01. The molecular weight excluding hydrogens is 210 g/mol. The maximum absolute atomic E-state index is 11.2. The van der Waals surface area contributed by atoms with E-state index in [0.717, 1.165) is 0 Å². The number of carbonyl (C=O) groups is 1. The highest BCUT2D eigenvalue weighted by atomic mass is 32.2. The number of nitrogens with zero attached hydrogens (tertiary/aromatic N) is 1. The number of rotatable bonds is 1. The Balaban J connectivity index is 3.20. The summed E-state index contributed by atoms with van der Waals surface area (Å²) in [5, 5.41) is 8.80. The van der Waals surface area contributed by atoms with Gasteiger partial charge in [0.2, 0.25) is 0 Å². The van der Waals surface area contributed by atoms with E-state index in [1.54, 1.807) is 20.8 Å². The monoisotopic (exact) mass is 223 g/mol. The van der Waals surface area contributed by atoms with E-state index in [9.17, 15) is 13.2 Å². The molecule has 1 amide bonds. The summed E-state index contributed by atoms with van der Waals surface area (Å²) in [6.07, 6.45) is -1.50. The highest BCUT2D eigenvalue weighted by Gasteiger charge is 2.53. The van der Waals surface area contributed by atoms with Gasteiger partial charge in [-0.15, -0.1) is 0 Å². The van der Waals surface area contributed by atoms with Crippen molar-refractivity contribution in [2.75, 3.05) is 6.61 Å². The zero-order valence-electron chi connectivity index (χ0n) is 8.22. The molecule has 1 heterocycles. The molecule has 0 aliphatic carbocycles. The standard InChI is InChI=1S/C7H13NO5S/c1-5(2)7(3)4-13-14(11,12)8(7)6(9)10/h5H,4H2,1-3H3,(H,9,10). The summed E-state index contributed by atoms with van der Waals surface area (Å²) in [6.45, 7) is 4.93. The summed E-state index contributed by atoms with van der Waals surface area (Å²) < 4.78 is 27.4. The van der Waals surface area contributed by atoms with E-state index in [0.29, 0.717) is 4.31 Å². The van der Waals surface area contributed by atoms with E-state index in [2.05, 4.69) is 4.18 Å². The lowest BCUT2D eigenvalue weighted by molar-refractivity contribution is 0.114. The first-order valence-corrected chi connectivity index (χ1v) is 5.51. The minimum absolute atomic E-state index is 0.126. The van der Waals surface area contributed by atoms with Crippen LogP contribution in [0.1, 0.15) is 20.8 Å². The summed E-state index contributed by atoms with van der Waals surface area (Å²) in [6, 6.07) is 0. The van der Waals surface area contributed by atoms with Gasteiger partial charge in [0, 0.05) is 0 Å². The fourth-order valence-corrected chi connectivity index (χ4v) is 2.73. The number of hydrogen-bond donors (Lipinski definition) is 1. The molecule has 0 aromatic rings. The van der Waals surface area contributed by atoms with E-state index in [-0.39, 0.29) is 12.5 Å². The van der Waals surface area contributed by atoms with Gasteiger partial charge in [0.1, 0.15) is 0 Å². The third-order valence-electron chi connectivity index (χ3n) is 2.61. The summed E-state index contributed by atoms with van der Waals surface area (Å²) in [4.78, 5) is 10.8. The van der Waals surface area contributed by atoms with Gasteiger partial charge in [0.25, 0.3) is 0 Å². The Morgan fingerprint density at radius 2 is 2.07 bits per heavy atom. The lowest BCUT2D eigenvalue weighted by atomic mass is 9.89. The van der Waals surface area contributed by atoms with Crippen LogP contribution in [0.5, 0.6) is 0 Å². The van der Waals surface area contributed by atoms with E-state index in [1.165, 1.54) is 0 Å². The van der Waals surface area contributed by atoms with Gasteiger partial charge in [-0.2, -0.15) is 12.7 Å². The zero-order chi connectivity index (χ0) is 11.1. The molecule has 1 aliphatic heterocycles. The Labute approximate surface area is 82.7 Å². The zero-order valence-corrected chi connectivity index (χ0v) is 9.04. The second kappa shape index (κ2) is 3.09. The van der Waals surface area contributed by atoms with E-state index < -0.39 is 21.9 Å². The van der Waals surface area contributed by atoms with Gasteiger partial charge in [0.15, 0.2) is 0 Å². The molecule has 0 radical (unpaired) electrons. The van der Waals surface area contributed by atoms with Crippen molar-refractivity contribution >= 4 is 16.4 Å². The molecule has 0 spiro atoms. The van der Waals surface area contributed by atoms with Crippen molar-refractivity contribution in [3.8, 4) is 0 Å². The molecule has 82 valence electrons. The first-order chi connectivity index (χ1) is 6.22. The molecule has 1 unspecified atom stereocenters. The third kappa shape index (κ3) is 1.46. The van der Waals surface area contributed by atoms with E-state index in [1.807, 2.05) is 0 Å². The maximum Gasteiger partial charge on any atom is 0.423 e. The summed E-state index contributed by atoms with van der Waals surface area (Å²) in [7, 11) is -4.11. The lowest BCUT2D eigenvalue weighted by Gasteiger charge is -2.32. The first-order valence-electron chi connectivity index (χ1n) is 4.14. The fourth-order valence-electron chi connectivity index (χ4n) is 1.28. The molecule has 0 bridgehead atoms. The van der Waals surface area contributed by atoms with Crippen LogP contribution >= 0.6 is 0 Å². The van der Waals surface area contributed by atoms with Gasteiger partial charge in [-0.3, -0.25) is 4.18 Å². The van der Waals surface area contributed by atoms with Crippen molar-refractivity contribution in [2.45, 2.75) is 26.3 Å². The minimum Gasteiger partial charge on any atom is -0.464 e. The van der Waals surface area contributed by atoms with Gasteiger partial charge < -0.3 is 5.11 Å². The Morgan fingerprint density at radius 3 is 2.36 bits per heavy atom. The molecule has 1 N–H and O–H groups in total. The average molecular weight is 223 g/mol. The Morgan fingerprint density at radius 1 is 1.57 bits per heavy atom. The van der Waals surface area contributed by atoms with Crippen LogP contribution < -0.4 is 0 Å². The van der Waals surface area contributed by atoms with Crippen LogP contribution in [-0.4, -0.2) is 36.1 Å². The topological polar surface area (TPSA) is 83.9 Å². The Bertz CT molecular complexity index is 349. The van der Waals surface area contributed by atoms with Gasteiger partial charge >= 0.3 is 16.4 Å². The van der Waals surface area contributed by atoms with Crippen LogP contribution in [0, 0.1) is 5.92 Å². The second-order valence-electron chi connectivity index (χ2n) is 3.78. The molecule has 1 aliphatic rings. The molecule has 0 aromatic carbocycles. The minimum atomic E-state index is -4.11. The molecule has 1 rings (SSSR count). The molecule has 0 aromatic heterocycles. The van der Waals surface area contributed by atoms with Crippen LogP contribution in [0.3, 0.4) is 0 Å². The van der Waals surface area contributed by atoms with Crippen molar-refractivity contribution in [3.63, 3.8) is 0 Å². The number of amides is 1. The van der Waals surface area contributed by atoms with Crippen LogP contribution in [0.2, 0.25) is 0 Å². The van der Waals surface area contributed by atoms with Crippen molar-refractivity contribution < 1.29 is 22.5 Å². The maximum atomic E-state index is 11.2. The molecular formula is C7H13NO5S. The first kappa shape index (κ1) is 11.3. The predicted molar refractivity (Wildman–Crippen MR) is 48.0 cm³/mol. The molecule has 1 fully saturated rings. The largest absolute Gasteiger partial charge is 0.464 e. The molecule has 7 heteroatoms. The SMILES string of the molecule is CC(C)C1(C)COS(=O)(=O)N1C(=O)O. The van der Waals surface area contributed by atoms with Gasteiger partial charge in [-0.05, 0) is 12.8 Å². The van der Waals surface area contributed by atoms with E-state index >= 15 is 0 Å². The molecule has 14 heavy (non-hydrogen) atoms. The molecule has 1 atom stereocenters. The van der Waals surface area contributed by atoms with Crippen LogP contribution in [0.25, 0.3) is 0 Å². The number of carboxylic acid groups (broad SMARTS) is 1. The van der Waals surface area contributed by atoms with Gasteiger partial charge in [-0.1, -0.05) is 13.8 Å². The summed E-state index contributed by atoms with van der Waals surface area (Å²) >= 11 is 0. The highest BCUT2D eigenvalue weighted by Crippen LogP contribution is 2.34. The molecule has 1 saturated heterocycles. The van der Waals surface area contributed by atoms with E-state index in [4.69, 9.17) is 5.11 Å². The van der Waals surface area contributed by atoms with Gasteiger partial charge in [0.05, 0.1) is 12.1 Å². The highest BCUT2D eigenvalue weighted by molar-refractivity contribution is 7.85. The average Bonchev–Trinajstić information content (AvgIpc) is 2.23. The number of hydrogen-bond acceptors (Lipinski definition) is 4. The van der Waals surface area contributed by atoms with Crippen molar-refractivity contribution in [2.24, 2.45) is 5.92 Å². The van der Waals surface area contributed by atoms with Crippen LogP contribution in [0.4, 0.5) is 4.79 Å².